The zero-order valence-electron chi connectivity index (χ0n) is 12.2. The Morgan fingerprint density at radius 3 is 2.43 bits per heavy atom. The van der Waals surface area contributed by atoms with E-state index in [1.54, 1.807) is 12.1 Å². The van der Waals surface area contributed by atoms with Gasteiger partial charge >= 0.3 is 5.97 Å². The fourth-order valence-corrected chi connectivity index (χ4v) is 2.56. The number of aliphatic hydroxyl groups is 1. The summed E-state index contributed by atoms with van der Waals surface area (Å²) in [5, 5.41) is 18.7. The van der Waals surface area contributed by atoms with Gasteiger partial charge in [-0.1, -0.05) is 12.1 Å². The molecule has 0 aromatic heterocycles. The molecule has 1 saturated heterocycles. The first-order valence-electron chi connectivity index (χ1n) is 6.84. The molecule has 0 spiro atoms. The Hall–Kier alpha value is -1.92. The second kappa shape index (κ2) is 6.24. The molecule has 1 aromatic rings. The van der Waals surface area contributed by atoms with E-state index in [-0.39, 0.29) is 18.9 Å². The summed E-state index contributed by atoms with van der Waals surface area (Å²) >= 11 is 0. The number of aliphatic carboxylic acids is 1. The first kappa shape index (κ1) is 15.5. The molecular formula is C15H20N2O4. The molecule has 21 heavy (non-hydrogen) atoms. The Labute approximate surface area is 123 Å². The van der Waals surface area contributed by atoms with Gasteiger partial charge in [0.15, 0.2) is 0 Å². The normalized spacial score (nSPS) is 21.8. The molecule has 0 bridgehead atoms. The van der Waals surface area contributed by atoms with Gasteiger partial charge in [0.2, 0.25) is 0 Å². The van der Waals surface area contributed by atoms with Crippen molar-refractivity contribution in [1.29, 1.82) is 0 Å². The number of carbonyl (C=O) groups excluding carboxylic acids is 1. The van der Waals surface area contributed by atoms with Gasteiger partial charge in [0.25, 0.3) is 5.91 Å². The van der Waals surface area contributed by atoms with E-state index in [2.05, 4.69) is 0 Å². The largest absolute Gasteiger partial charge is 0.480 e. The molecule has 0 saturated carbocycles. The van der Waals surface area contributed by atoms with Crippen molar-refractivity contribution in [3.8, 4) is 0 Å². The van der Waals surface area contributed by atoms with Crippen LogP contribution in [0.15, 0.2) is 24.3 Å². The van der Waals surface area contributed by atoms with Crippen molar-refractivity contribution in [2.45, 2.75) is 25.1 Å². The summed E-state index contributed by atoms with van der Waals surface area (Å²) in [6, 6.07) is 6.16. The van der Waals surface area contributed by atoms with Crippen LogP contribution in [0.2, 0.25) is 0 Å². The number of aliphatic hydroxyl groups excluding tert-OH is 1. The number of rotatable bonds is 4. The van der Waals surface area contributed by atoms with Gasteiger partial charge in [-0.05, 0) is 31.8 Å². The molecule has 1 amide bonds. The van der Waals surface area contributed by atoms with Crippen LogP contribution in [0.4, 0.5) is 0 Å². The molecule has 2 N–H and O–H groups in total. The van der Waals surface area contributed by atoms with Crippen LogP contribution < -0.4 is 0 Å². The van der Waals surface area contributed by atoms with Crippen molar-refractivity contribution in [3.05, 3.63) is 35.4 Å². The van der Waals surface area contributed by atoms with Crippen LogP contribution in [-0.2, 0) is 11.3 Å². The van der Waals surface area contributed by atoms with Gasteiger partial charge in [0, 0.05) is 25.1 Å². The molecule has 2 atom stereocenters. The topological polar surface area (TPSA) is 81.1 Å². The average molecular weight is 292 g/mol. The summed E-state index contributed by atoms with van der Waals surface area (Å²) in [5.74, 6) is -1.43. The molecule has 1 aliphatic rings. The minimum atomic E-state index is -1.08. The molecule has 0 aliphatic carbocycles. The Morgan fingerprint density at radius 1 is 1.29 bits per heavy atom. The van der Waals surface area contributed by atoms with Crippen LogP contribution >= 0.6 is 0 Å². The number of hydrogen-bond acceptors (Lipinski definition) is 4. The number of likely N-dealkylation sites (tertiary alicyclic amines) is 1. The molecule has 0 radical (unpaired) electrons. The number of carbonyl (C=O) groups is 2. The minimum absolute atomic E-state index is 0.0647. The lowest BCUT2D eigenvalue weighted by Gasteiger charge is -2.21. The number of hydrogen-bond donors (Lipinski definition) is 2. The van der Waals surface area contributed by atoms with Crippen LogP contribution in [0.1, 0.15) is 22.3 Å². The Balaban J connectivity index is 2.14. The van der Waals surface area contributed by atoms with Crippen molar-refractivity contribution < 1.29 is 19.8 Å². The van der Waals surface area contributed by atoms with Gasteiger partial charge < -0.3 is 20.0 Å². The van der Waals surface area contributed by atoms with Crippen LogP contribution in [0.25, 0.3) is 0 Å². The number of carboxylic acids is 1. The SMILES string of the molecule is CN(C)Cc1ccc(C(=O)N2C[C@H](O)C[C@H]2C(=O)O)cc1. The van der Waals surface area contributed by atoms with Gasteiger partial charge in [-0.15, -0.1) is 0 Å². The first-order valence-corrected chi connectivity index (χ1v) is 6.84. The van der Waals surface area contributed by atoms with E-state index < -0.39 is 18.1 Å². The number of carboxylic acid groups (broad SMARTS) is 1. The van der Waals surface area contributed by atoms with E-state index in [0.29, 0.717) is 5.56 Å². The number of β-amino-alcohol motifs (C(OH)–C–C–N with tert-alkyl or cyclic N) is 1. The molecule has 1 aliphatic heterocycles. The quantitative estimate of drug-likeness (QED) is 0.840. The van der Waals surface area contributed by atoms with Crippen molar-refractivity contribution in [2.75, 3.05) is 20.6 Å². The Kier molecular flexibility index (Phi) is 4.59. The van der Waals surface area contributed by atoms with E-state index >= 15 is 0 Å². The predicted octanol–water partition coefficient (Wildman–Crippen LogP) is 0.408. The third-order valence-corrected chi connectivity index (χ3v) is 3.52. The highest BCUT2D eigenvalue weighted by Crippen LogP contribution is 2.21. The zero-order valence-corrected chi connectivity index (χ0v) is 12.2. The second-order valence-electron chi connectivity index (χ2n) is 5.64. The van der Waals surface area contributed by atoms with Crippen LogP contribution in [0.3, 0.4) is 0 Å². The second-order valence-corrected chi connectivity index (χ2v) is 5.64. The van der Waals surface area contributed by atoms with E-state index in [9.17, 15) is 14.7 Å². The third-order valence-electron chi connectivity index (χ3n) is 3.52. The van der Waals surface area contributed by atoms with Gasteiger partial charge in [-0.2, -0.15) is 0 Å². The van der Waals surface area contributed by atoms with Gasteiger partial charge in [-0.25, -0.2) is 4.79 Å². The molecule has 1 aromatic carbocycles. The molecule has 2 rings (SSSR count). The molecule has 6 heteroatoms. The summed E-state index contributed by atoms with van der Waals surface area (Å²) in [5.41, 5.74) is 1.52. The lowest BCUT2D eigenvalue weighted by Crippen LogP contribution is -2.40. The van der Waals surface area contributed by atoms with Gasteiger partial charge in [-0.3, -0.25) is 4.79 Å². The molecule has 1 fully saturated rings. The van der Waals surface area contributed by atoms with E-state index in [0.717, 1.165) is 12.1 Å². The maximum atomic E-state index is 12.4. The van der Waals surface area contributed by atoms with Crippen molar-refractivity contribution in [3.63, 3.8) is 0 Å². The number of nitrogens with zero attached hydrogens (tertiary/aromatic N) is 2. The maximum absolute atomic E-state index is 12.4. The Bertz CT molecular complexity index is 527. The highest BCUT2D eigenvalue weighted by atomic mass is 16.4. The lowest BCUT2D eigenvalue weighted by atomic mass is 10.1. The molecule has 1 heterocycles. The zero-order chi connectivity index (χ0) is 15.6. The standard InChI is InChI=1S/C15H20N2O4/c1-16(2)8-10-3-5-11(6-4-10)14(19)17-9-12(18)7-13(17)15(20)21/h3-6,12-13,18H,7-9H2,1-2H3,(H,20,21)/t12-,13+/m1/s1. The van der Waals surface area contributed by atoms with Gasteiger partial charge in [0.05, 0.1) is 6.10 Å². The number of amides is 1. The van der Waals surface area contributed by atoms with E-state index in [1.807, 2.05) is 31.1 Å². The maximum Gasteiger partial charge on any atom is 0.326 e. The summed E-state index contributed by atoms with van der Waals surface area (Å²) in [6.45, 7) is 0.837. The highest BCUT2D eigenvalue weighted by Gasteiger charge is 2.39. The third kappa shape index (κ3) is 3.59. The highest BCUT2D eigenvalue weighted by molar-refractivity contribution is 5.97. The minimum Gasteiger partial charge on any atom is -0.480 e. The van der Waals surface area contributed by atoms with Crippen LogP contribution in [-0.4, -0.2) is 64.7 Å². The van der Waals surface area contributed by atoms with Crippen LogP contribution in [0, 0.1) is 0 Å². The van der Waals surface area contributed by atoms with Crippen molar-refractivity contribution in [1.82, 2.24) is 9.80 Å². The van der Waals surface area contributed by atoms with Crippen molar-refractivity contribution >= 4 is 11.9 Å². The lowest BCUT2D eigenvalue weighted by molar-refractivity contribution is -0.141. The predicted molar refractivity (Wildman–Crippen MR) is 76.9 cm³/mol. The van der Waals surface area contributed by atoms with E-state index in [1.165, 1.54) is 4.90 Å². The van der Waals surface area contributed by atoms with Crippen LogP contribution in [0.5, 0.6) is 0 Å². The summed E-state index contributed by atoms with van der Waals surface area (Å²) in [4.78, 5) is 26.8. The summed E-state index contributed by atoms with van der Waals surface area (Å²) in [6.07, 6.45) is -0.692. The summed E-state index contributed by atoms with van der Waals surface area (Å²) < 4.78 is 0. The fraction of sp³-hybridized carbons (Fsp3) is 0.467. The Morgan fingerprint density at radius 2 is 1.90 bits per heavy atom. The fourth-order valence-electron chi connectivity index (χ4n) is 2.56. The average Bonchev–Trinajstić information content (AvgIpc) is 2.80. The first-order chi connectivity index (χ1) is 9.88. The summed E-state index contributed by atoms with van der Waals surface area (Å²) in [7, 11) is 3.92. The smallest absolute Gasteiger partial charge is 0.326 e. The molecule has 114 valence electrons. The molecular weight excluding hydrogens is 272 g/mol. The molecule has 6 nitrogen and oxygen atoms in total. The number of benzene rings is 1. The van der Waals surface area contributed by atoms with Gasteiger partial charge in [0.1, 0.15) is 6.04 Å². The molecule has 0 unspecified atom stereocenters. The van der Waals surface area contributed by atoms with Crippen molar-refractivity contribution in [2.24, 2.45) is 0 Å². The monoisotopic (exact) mass is 292 g/mol. The van der Waals surface area contributed by atoms with E-state index in [4.69, 9.17) is 5.11 Å².